The summed E-state index contributed by atoms with van der Waals surface area (Å²) in [5.74, 6) is 0.351. The number of anilines is 1. The Balaban J connectivity index is 1.58. The van der Waals surface area contributed by atoms with Gasteiger partial charge in [-0.15, -0.1) is 0 Å². The van der Waals surface area contributed by atoms with E-state index >= 15 is 0 Å². The molecule has 1 N–H and O–H groups in total. The maximum atomic E-state index is 12.6. The highest BCUT2D eigenvalue weighted by atomic mass is 35.5. The molecule has 0 spiro atoms. The van der Waals surface area contributed by atoms with Crippen LogP contribution in [-0.2, 0) is 4.79 Å². The summed E-state index contributed by atoms with van der Waals surface area (Å²) in [6.07, 6.45) is 2.05. The van der Waals surface area contributed by atoms with E-state index < -0.39 is 5.56 Å². The van der Waals surface area contributed by atoms with Crippen LogP contribution in [0.25, 0.3) is 0 Å². The van der Waals surface area contributed by atoms with E-state index in [0.717, 1.165) is 0 Å². The third-order valence-electron chi connectivity index (χ3n) is 4.60. The smallest absolute Gasteiger partial charge is 0.285 e. The Morgan fingerprint density at radius 1 is 1.24 bits per heavy atom. The summed E-state index contributed by atoms with van der Waals surface area (Å²) in [6, 6.07) is 10.1. The van der Waals surface area contributed by atoms with Gasteiger partial charge in [0.2, 0.25) is 5.91 Å². The number of carbonyl (C=O) groups is 1. The average Bonchev–Trinajstić information content (AvgIpc) is 2.65. The van der Waals surface area contributed by atoms with E-state index in [0.29, 0.717) is 38.3 Å². The van der Waals surface area contributed by atoms with Crippen molar-refractivity contribution in [2.75, 3.05) is 31.1 Å². The van der Waals surface area contributed by atoms with Gasteiger partial charge in [0.25, 0.3) is 5.56 Å². The van der Waals surface area contributed by atoms with E-state index in [4.69, 9.17) is 11.6 Å². The van der Waals surface area contributed by atoms with Crippen LogP contribution >= 0.6 is 11.6 Å². The van der Waals surface area contributed by atoms with Crippen LogP contribution in [0.3, 0.4) is 0 Å². The molecule has 0 unspecified atom stereocenters. The molecule has 1 aliphatic heterocycles. The molecule has 1 aromatic heterocycles. The molecule has 6 nitrogen and oxygen atoms in total. The zero-order valence-corrected chi connectivity index (χ0v) is 14.9. The first-order chi connectivity index (χ1) is 12.1. The molecule has 0 saturated carbocycles. The van der Waals surface area contributed by atoms with Gasteiger partial charge in [-0.25, -0.2) is 5.10 Å². The highest BCUT2D eigenvalue weighted by Gasteiger charge is 2.24. The van der Waals surface area contributed by atoms with E-state index in [1.165, 1.54) is 5.56 Å². The lowest BCUT2D eigenvalue weighted by atomic mass is 9.97. The Bertz CT molecular complexity index is 785. The quantitative estimate of drug-likeness (QED) is 0.908. The molecule has 0 aliphatic carbocycles. The molecular weight excluding hydrogens is 340 g/mol. The Morgan fingerprint density at radius 2 is 1.92 bits per heavy atom. The first kappa shape index (κ1) is 17.5. The van der Waals surface area contributed by atoms with Crippen molar-refractivity contribution in [2.24, 2.45) is 0 Å². The second kappa shape index (κ2) is 7.70. The molecule has 132 valence electrons. The molecule has 2 aromatic rings. The van der Waals surface area contributed by atoms with Crippen molar-refractivity contribution < 1.29 is 4.79 Å². The van der Waals surface area contributed by atoms with Crippen molar-refractivity contribution >= 4 is 23.2 Å². The molecule has 25 heavy (non-hydrogen) atoms. The molecule has 1 amide bonds. The van der Waals surface area contributed by atoms with Crippen LogP contribution in [0.5, 0.6) is 0 Å². The molecule has 1 fully saturated rings. The van der Waals surface area contributed by atoms with Gasteiger partial charge >= 0.3 is 0 Å². The van der Waals surface area contributed by atoms with E-state index in [1.54, 1.807) is 6.20 Å². The molecule has 3 rings (SSSR count). The number of nitrogens with one attached hydrogen (secondary N) is 1. The summed E-state index contributed by atoms with van der Waals surface area (Å²) in [5.41, 5.74) is 1.40. The fraction of sp³-hybridized carbons (Fsp3) is 0.389. The lowest BCUT2D eigenvalue weighted by Crippen LogP contribution is -2.49. The molecule has 1 atom stereocenters. The minimum atomic E-state index is -0.394. The summed E-state index contributed by atoms with van der Waals surface area (Å²) in [5, 5.41) is 6.26. The summed E-state index contributed by atoms with van der Waals surface area (Å²) in [6.45, 7) is 4.57. The number of carbonyl (C=O) groups excluding carboxylic acids is 1. The number of amides is 1. The normalized spacial score (nSPS) is 15.9. The van der Waals surface area contributed by atoms with Crippen LogP contribution in [-0.4, -0.2) is 47.2 Å². The maximum Gasteiger partial charge on any atom is 0.285 e. The summed E-state index contributed by atoms with van der Waals surface area (Å²) in [4.78, 5) is 28.0. The van der Waals surface area contributed by atoms with Gasteiger partial charge in [-0.1, -0.05) is 48.9 Å². The first-order valence-electron chi connectivity index (χ1n) is 8.37. The molecule has 2 heterocycles. The van der Waals surface area contributed by atoms with Gasteiger partial charge in [0.1, 0.15) is 5.02 Å². The number of aromatic amines is 1. The Kier molecular flexibility index (Phi) is 5.38. The first-order valence-corrected chi connectivity index (χ1v) is 8.75. The predicted octanol–water partition coefficient (Wildman–Crippen LogP) is 2.27. The van der Waals surface area contributed by atoms with Crippen molar-refractivity contribution in [1.82, 2.24) is 15.1 Å². The van der Waals surface area contributed by atoms with Gasteiger partial charge in [-0.05, 0) is 11.5 Å². The lowest BCUT2D eigenvalue weighted by Gasteiger charge is -2.36. The average molecular weight is 361 g/mol. The van der Waals surface area contributed by atoms with Crippen LogP contribution < -0.4 is 10.5 Å². The summed E-state index contributed by atoms with van der Waals surface area (Å²) in [7, 11) is 0. The number of benzene rings is 1. The second-order valence-electron chi connectivity index (χ2n) is 6.28. The van der Waals surface area contributed by atoms with E-state index in [-0.39, 0.29) is 16.8 Å². The van der Waals surface area contributed by atoms with Gasteiger partial charge in [0.05, 0.1) is 11.9 Å². The number of H-pyrrole nitrogens is 1. The Morgan fingerprint density at radius 3 is 2.60 bits per heavy atom. The highest BCUT2D eigenvalue weighted by Crippen LogP contribution is 2.23. The number of rotatable bonds is 4. The zero-order chi connectivity index (χ0) is 17.8. The number of hydrogen-bond acceptors (Lipinski definition) is 4. The molecule has 1 aromatic carbocycles. The third kappa shape index (κ3) is 4.02. The topological polar surface area (TPSA) is 69.3 Å². The summed E-state index contributed by atoms with van der Waals surface area (Å²) < 4.78 is 0. The van der Waals surface area contributed by atoms with Gasteiger partial charge in [0.15, 0.2) is 0 Å². The van der Waals surface area contributed by atoms with E-state index in [2.05, 4.69) is 29.3 Å². The number of halogens is 1. The molecule has 1 aliphatic rings. The van der Waals surface area contributed by atoms with Crippen LogP contribution in [0, 0.1) is 0 Å². The number of hydrogen-bond donors (Lipinski definition) is 1. The van der Waals surface area contributed by atoms with Crippen LogP contribution in [0.4, 0.5) is 5.69 Å². The Labute approximate surface area is 151 Å². The monoisotopic (exact) mass is 360 g/mol. The zero-order valence-electron chi connectivity index (χ0n) is 14.1. The third-order valence-corrected chi connectivity index (χ3v) is 4.96. The predicted molar refractivity (Wildman–Crippen MR) is 98.1 cm³/mol. The fourth-order valence-corrected chi connectivity index (χ4v) is 3.29. The summed E-state index contributed by atoms with van der Waals surface area (Å²) >= 11 is 6.06. The van der Waals surface area contributed by atoms with Gasteiger partial charge in [0, 0.05) is 32.6 Å². The molecule has 0 radical (unpaired) electrons. The molecular formula is C18H21ClN4O2. The maximum absolute atomic E-state index is 12.6. The van der Waals surface area contributed by atoms with Crippen LogP contribution in [0.1, 0.15) is 24.8 Å². The highest BCUT2D eigenvalue weighted by molar-refractivity contribution is 6.33. The van der Waals surface area contributed by atoms with Crippen molar-refractivity contribution in [2.45, 2.75) is 19.3 Å². The van der Waals surface area contributed by atoms with Gasteiger partial charge < -0.3 is 9.80 Å². The van der Waals surface area contributed by atoms with Crippen molar-refractivity contribution in [3.8, 4) is 0 Å². The van der Waals surface area contributed by atoms with Crippen LogP contribution in [0.15, 0.2) is 41.3 Å². The number of aromatic nitrogens is 2. The van der Waals surface area contributed by atoms with Gasteiger partial charge in [-0.3, -0.25) is 9.59 Å². The largest absolute Gasteiger partial charge is 0.365 e. The van der Waals surface area contributed by atoms with Gasteiger partial charge in [-0.2, -0.15) is 5.10 Å². The van der Waals surface area contributed by atoms with E-state index in [9.17, 15) is 9.59 Å². The molecule has 1 saturated heterocycles. The van der Waals surface area contributed by atoms with E-state index in [1.807, 2.05) is 28.0 Å². The van der Waals surface area contributed by atoms with Crippen molar-refractivity contribution in [3.05, 3.63) is 57.5 Å². The molecule has 0 bridgehead atoms. The standard InChI is InChI=1S/C18H21ClN4O2/c1-13(14-5-3-2-4-6-14)11-16(24)23-9-7-22(8-10-23)15-12-20-21-18(25)17(15)19/h2-6,12-13H,7-11H2,1H3,(H,21,25)/t13-/m1/s1. The number of piperazine rings is 1. The molecule has 7 heteroatoms. The second-order valence-corrected chi connectivity index (χ2v) is 6.66. The minimum absolute atomic E-state index is 0.146. The fourth-order valence-electron chi connectivity index (χ4n) is 3.08. The lowest BCUT2D eigenvalue weighted by molar-refractivity contribution is -0.131. The number of nitrogens with zero attached hydrogens (tertiary/aromatic N) is 3. The SMILES string of the molecule is C[C@H](CC(=O)N1CCN(c2cn[nH]c(=O)c2Cl)CC1)c1ccccc1. The van der Waals surface area contributed by atoms with Crippen molar-refractivity contribution in [3.63, 3.8) is 0 Å². The van der Waals surface area contributed by atoms with Crippen LogP contribution in [0.2, 0.25) is 5.02 Å². The van der Waals surface area contributed by atoms with Crippen molar-refractivity contribution in [1.29, 1.82) is 0 Å². The Hall–Kier alpha value is -2.34. The minimum Gasteiger partial charge on any atom is -0.365 e.